The summed E-state index contributed by atoms with van der Waals surface area (Å²) in [7, 11) is 0. The van der Waals surface area contributed by atoms with Crippen molar-refractivity contribution in [2.45, 2.75) is 47.1 Å². The zero-order valence-electron chi connectivity index (χ0n) is 12.8. The maximum Gasteiger partial charge on any atom is 0.129 e. The molecule has 0 aliphatic carbocycles. The third kappa shape index (κ3) is 3.15. The fraction of sp³-hybridized carbons (Fsp3) is 0.533. The first kappa shape index (κ1) is 14.5. The zero-order valence-corrected chi connectivity index (χ0v) is 12.8. The lowest BCUT2D eigenvalue weighted by Gasteiger charge is -2.08. The van der Waals surface area contributed by atoms with E-state index in [2.05, 4.69) is 52.8 Å². The second-order valence-corrected chi connectivity index (χ2v) is 4.90. The van der Waals surface area contributed by atoms with Crippen molar-refractivity contribution < 1.29 is 0 Å². The van der Waals surface area contributed by atoms with Gasteiger partial charge in [0.25, 0.3) is 0 Å². The lowest BCUT2D eigenvalue weighted by Crippen LogP contribution is -2.14. The molecule has 108 valence electrons. The van der Waals surface area contributed by atoms with Crippen LogP contribution in [0.1, 0.15) is 36.5 Å². The average Bonchev–Trinajstić information content (AvgIpc) is 2.73. The Morgan fingerprint density at radius 1 is 1.15 bits per heavy atom. The van der Waals surface area contributed by atoms with E-state index in [-0.39, 0.29) is 0 Å². The van der Waals surface area contributed by atoms with Gasteiger partial charge in [-0.05, 0) is 32.3 Å². The highest BCUT2D eigenvalue weighted by Crippen LogP contribution is 2.13. The first-order valence-corrected chi connectivity index (χ1v) is 7.23. The van der Waals surface area contributed by atoms with E-state index in [4.69, 9.17) is 0 Å². The number of aromatic nitrogens is 4. The van der Waals surface area contributed by atoms with Crippen LogP contribution in [0.25, 0.3) is 0 Å². The van der Waals surface area contributed by atoms with Crippen molar-refractivity contribution in [1.29, 1.82) is 0 Å². The fourth-order valence-corrected chi connectivity index (χ4v) is 2.44. The minimum atomic E-state index is 0.811. The van der Waals surface area contributed by atoms with Crippen molar-refractivity contribution in [2.75, 3.05) is 11.9 Å². The third-order valence-electron chi connectivity index (χ3n) is 3.60. The van der Waals surface area contributed by atoms with E-state index in [9.17, 15) is 0 Å². The number of rotatable bonds is 6. The molecule has 0 fully saturated rings. The van der Waals surface area contributed by atoms with Crippen LogP contribution in [0.2, 0.25) is 0 Å². The number of aryl methyl sites for hydroxylation is 2. The molecular weight excluding hydrogens is 250 g/mol. The lowest BCUT2D eigenvalue weighted by atomic mass is 10.1. The lowest BCUT2D eigenvalue weighted by molar-refractivity contribution is 0.613. The quantitative estimate of drug-likeness (QED) is 0.878. The van der Waals surface area contributed by atoms with Gasteiger partial charge in [0.15, 0.2) is 0 Å². The van der Waals surface area contributed by atoms with Crippen molar-refractivity contribution in [2.24, 2.45) is 0 Å². The van der Waals surface area contributed by atoms with E-state index < -0.39 is 0 Å². The van der Waals surface area contributed by atoms with Crippen molar-refractivity contribution >= 4 is 5.82 Å². The summed E-state index contributed by atoms with van der Waals surface area (Å²) >= 11 is 0. The van der Waals surface area contributed by atoms with Crippen LogP contribution in [0.15, 0.2) is 12.4 Å². The van der Waals surface area contributed by atoms with Crippen LogP contribution < -0.4 is 5.32 Å². The smallest absolute Gasteiger partial charge is 0.129 e. The van der Waals surface area contributed by atoms with E-state index in [1.165, 1.54) is 11.3 Å². The highest BCUT2D eigenvalue weighted by atomic mass is 15.3. The van der Waals surface area contributed by atoms with E-state index in [0.29, 0.717) is 0 Å². The largest absolute Gasteiger partial charge is 0.368 e. The molecule has 2 rings (SSSR count). The van der Waals surface area contributed by atoms with Crippen LogP contribution in [-0.2, 0) is 19.4 Å². The van der Waals surface area contributed by atoms with Crippen molar-refractivity contribution in [3.8, 4) is 0 Å². The van der Waals surface area contributed by atoms with Crippen molar-refractivity contribution in [3.05, 3.63) is 35.0 Å². The SMILES string of the molecule is CCc1cc(NCCn2nc(C)c(CC)c2C)ncn1. The standard InChI is InChI=1S/C15H23N5/c1-5-13-9-15(18-10-17-13)16-7-8-20-12(4)14(6-2)11(3)19-20/h9-10H,5-8H2,1-4H3,(H,16,17,18). The Bertz CT molecular complexity index is 574. The van der Waals surface area contributed by atoms with Gasteiger partial charge in [-0.25, -0.2) is 9.97 Å². The zero-order chi connectivity index (χ0) is 14.5. The summed E-state index contributed by atoms with van der Waals surface area (Å²) in [6.45, 7) is 10.1. The van der Waals surface area contributed by atoms with Gasteiger partial charge in [0.1, 0.15) is 12.1 Å². The first-order valence-electron chi connectivity index (χ1n) is 7.23. The molecule has 2 heterocycles. The number of nitrogens with zero attached hydrogens (tertiary/aromatic N) is 4. The minimum Gasteiger partial charge on any atom is -0.368 e. The summed E-state index contributed by atoms with van der Waals surface area (Å²) < 4.78 is 2.07. The number of nitrogens with one attached hydrogen (secondary N) is 1. The molecule has 0 aliphatic heterocycles. The summed E-state index contributed by atoms with van der Waals surface area (Å²) in [5.74, 6) is 0.883. The average molecular weight is 273 g/mol. The van der Waals surface area contributed by atoms with Gasteiger partial charge < -0.3 is 5.32 Å². The topological polar surface area (TPSA) is 55.6 Å². The second-order valence-electron chi connectivity index (χ2n) is 4.90. The fourth-order valence-electron chi connectivity index (χ4n) is 2.44. The van der Waals surface area contributed by atoms with Gasteiger partial charge in [-0.15, -0.1) is 0 Å². The van der Waals surface area contributed by atoms with Crippen LogP contribution in [0.5, 0.6) is 0 Å². The summed E-state index contributed by atoms with van der Waals surface area (Å²) in [4.78, 5) is 8.42. The molecule has 0 saturated heterocycles. The molecule has 0 radical (unpaired) electrons. The highest BCUT2D eigenvalue weighted by Gasteiger charge is 2.09. The second kappa shape index (κ2) is 6.50. The monoisotopic (exact) mass is 273 g/mol. The van der Waals surface area contributed by atoms with Crippen LogP contribution in [0.3, 0.4) is 0 Å². The van der Waals surface area contributed by atoms with Gasteiger partial charge in [-0.1, -0.05) is 13.8 Å². The summed E-state index contributed by atoms with van der Waals surface area (Å²) in [6, 6.07) is 2.00. The Hall–Kier alpha value is -1.91. The van der Waals surface area contributed by atoms with Crippen molar-refractivity contribution in [3.63, 3.8) is 0 Å². The van der Waals surface area contributed by atoms with Crippen molar-refractivity contribution in [1.82, 2.24) is 19.7 Å². The molecule has 0 spiro atoms. The molecule has 5 nitrogen and oxygen atoms in total. The molecule has 1 N–H and O–H groups in total. The van der Waals surface area contributed by atoms with Gasteiger partial charge >= 0.3 is 0 Å². The van der Waals surface area contributed by atoms with Gasteiger partial charge in [0.2, 0.25) is 0 Å². The minimum absolute atomic E-state index is 0.811. The Balaban J connectivity index is 1.96. The Morgan fingerprint density at radius 2 is 1.95 bits per heavy atom. The van der Waals surface area contributed by atoms with E-state index in [0.717, 1.165) is 43.1 Å². The molecule has 0 saturated carbocycles. The molecular formula is C15H23N5. The summed E-state index contributed by atoms with van der Waals surface area (Å²) in [6.07, 6.45) is 3.57. The maximum absolute atomic E-state index is 4.59. The van der Waals surface area contributed by atoms with E-state index in [1.807, 2.05) is 6.07 Å². The molecule has 0 aliphatic rings. The van der Waals surface area contributed by atoms with Crippen LogP contribution in [0, 0.1) is 13.8 Å². The number of hydrogen-bond acceptors (Lipinski definition) is 4. The van der Waals surface area contributed by atoms with E-state index in [1.54, 1.807) is 6.33 Å². The van der Waals surface area contributed by atoms with Crippen LogP contribution >= 0.6 is 0 Å². The number of hydrogen-bond donors (Lipinski definition) is 1. The summed E-state index contributed by atoms with van der Waals surface area (Å²) in [5.41, 5.74) is 4.83. The van der Waals surface area contributed by atoms with Crippen LogP contribution in [-0.4, -0.2) is 26.3 Å². The first-order chi connectivity index (χ1) is 9.65. The Labute approximate surface area is 120 Å². The van der Waals surface area contributed by atoms with Gasteiger partial charge in [-0.3, -0.25) is 4.68 Å². The predicted octanol–water partition coefficient (Wildman–Crippen LogP) is 2.53. The third-order valence-corrected chi connectivity index (χ3v) is 3.60. The van der Waals surface area contributed by atoms with Gasteiger partial charge in [-0.2, -0.15) is 5.10 Å². The molecule has 2 aromatic rings. The molecule has 5 heteroatoms. The normalized spacial score (nSPS) is 10.8. The molecule has 0 bridgehead atoms. The molecule has 0 atom stereocenters. The summed E-state index contributed by atoms with van der Waals surface area (Å²) in [5, 5.41) is 7.92. The van der Waals surface area contributed by atoms with Gasteiger partial charge in [0, 0.05) is 24.0 Å². The molecule has 20 heavy (non-hydrogen) atoms. The molecule has 2 aromatic heterocycles. The molecule has 0 aromatic carbocycles. The number of anilines is 1. The van der Waals surface area contributed by atoms with Gasteiger partial charge in [0.05, 0.1) is 12.2 Å². The molecule has 0 unspecified atom stereocenters. The van der Waals surface area contributed by atoms with E-state index >= 15 is 0 Å². The Kier molecular flexibility index (Phi) is 4.71. The highest BCUT2D eigenvalue weighted by molar-refractivity contribution is 5.34. The molecule has 0 amide bonds. The Morgan fingerprint density at radius 3 is 2.60 bits per heavy atom. The van der Waals surface area contributed by atoms with Crippen LogP contribution in [0.4, 0.5) is 5.82 Å². The predicted molar refractivity (Wildman–Crippen MR) is 81.0 cm³/mol. The maximum atomic E-state index is 4.59.